The molecule has 0 fully saturated rings. The number of nitrogens with one attached hydrogen (secondary N) is 3. The van der Waals surface area contributed by atoms with Crippen molar-refractivity contribution in [1.82, 2.24) is 15.2 Å². The van der Waals surface area contributed by atoms with Gasteiger partial charge in [-0.05, 0) is 37.1 Å². The normalized spacial score (nSPS) is 11.4. The standard InChI is InChI=1S/C20H25N5O3S/c1-4-29(26,27)25-16-9-8-15(11-18(16)28-13-14(2)3)17-12-20(24-23-17)22-19-7-5-6-10-21-19/h5-12,14,25H,4,13H2,1-3H3,(H2,21,22,23,24). The molecule has 2 heterocycles. The summed E-state index contributed by atoms with van der Waals surface area (Å²) in [5, 5.41) is 10.4. The molecule has 0 spiro atoms. The number of ether oxygens (including phenoxy) is 1. The molecule has 154 valence electrons. The third kappa shape index (κ3) is 5.71. The summed E-state index contributed by atoms with van der Waals surface area (Å²) in [4.78, 5) is 4.21. The van der Waals surface area contributed by atoms with E-state index in [0.29, 0.717) is 35.6 Å². The zero-order valence-corrected chi connectivity index (χ0v) is 17.5. The van der Waals surface area contributed by atoms with Gasteiger partial charge in [-0.3, -0.25) is 9.82 Å². The van der Waals surface area contributed by atoms with Gasteiger partial charge in [-0.25, -0.2) is 13.4 Å². The molecular weight excluding hydrogens is 390 g/mol. The summed E-state index contributed by atoms with van der Waals surface area (Å²) < 4.78 is 32.4. The predicted molar refractivity (Wildman–Crippen MR) is 115 cm³/mol. The van der Waals surface area contributed by atoms with Gasteiger partial charge in [-0.2, -0.15) is 5.10 Å². The molecular formula is C20H25N5O3S. The fraction of sp³-hybridized carbons (Fsp3) is 0.300. The second kappa shape index (κ2) is 8.95. The van der Waals surface area contributed by atoms with Gasteiger partial charge in [-0.1, -0.05) is 26.0 Å². The second-order valence-corrected chi connectivity index (χ2v) is 8.94. The van der Waals surface area contributed by atoms with Gasteiger partial charge in [0.2, 0.25) is 10.0 Å². The van der Waals surface area contributed by atoms with Crippen molar-refractivity contribution in [1.29, 1.82) is 0 Å². The fourth-order valence-electron chi connectivity index (χ4n) is 2.49. The van der Waals surface area contributed by atoms with E-state index in [-0.39, 0.29) is 5.75 Å². The summed E-state index contributed by atoms with van der Waals surface area (Å²) in [6, 6.07) is 12.7. The summed E-state index contributed by atoms with van der Waals surface area (Å²) in [5.41, 5.74) is 2.01. The maximum absolute atomic E-state index is 12.0. The minimum atomic E-state index is -3.41. The Bertz CT molecular complexity index is 1050. The average molecular weight is 416 g/mol. The average Bonchev–Trinajstić information content (AvgIpc) is 3.16. The van der Waals surface area contributed by atoms with Gasteiger partial charge in [0.1, 0.15) is 11.6 Å². The highest BCUT2D eigenvalue weighted by molar-refractivity contribution is 7.92. The molecule has 3 aromatic rings. The maximum Gasteiger partial charge on any atom is 0.232 e. The Hall–Kier alpha value is -3.07. The first kappa shape index (κ1) is 20.7. The molecule has 0 aliphatic carbocycles. The zero-order valence-electron chi connectivity index (χ0n) is 16.6. The summed E-state index contributed by atoms with van der Waals surface area (Å²) in [7, 11) is -3.41. The van der Waals surface area contributed by atoms with E-state index in [1.165, 1.54) is 0 Å². The molecule has 0 saturated heterocycles. The number of sulfonamides is 1. The van der Waals surface area contributed by atoms with Crippen LogP contribution >= 0.6 is 0 Å². The molecule has 2 aromatic heterocycles. The van der Waals surface area contributed by atoms with Crippen LogP contribution < -0.4 is 14.8 Å². The number of nitrogens with zero attached hydrogens (tertiary/aromatic N) is 2. The van der Waals surface area contributed by atoms with Crippen molar-refractivity contribution in [3.05, 3.63) is 48.7 Å². The van der Waals surface area contributed by atoms with Crippen molar-refractivity contribution in [2.75, 3.05) is 22.4 Å². The molecule has 0 radical (unpaired) electrons. The van der Waals surface area contributed by atoms with Crippen molar-refractivity contribution in [3.63, 3.8) is 0 Å². The van der Waals surface area contributed by atoms with Crippen LogP contribution in [0.3, 0.4) is 0 Å². The predicted octanol–water partition coefficient (Wildman–Crippen LogP) is 4.01. The first-order valence-corrected chi connectivity index (χ1v) is 11.0. The molecule has 0 amide bonds. The lowest BCUT2D eigenvalue weighted by Crippen LogP contribution is -2.16. The largest absolute Gasteiger partial charge is 0.491 e. The Labute approximate surface area is 170 Å². The topological polar surface area (TPSA) is 109 Å². The highest BCUT2D eigenvalue weighted by Gasteiger charge is 2.14. The quantitative estimate of drug-likeness (QED) is 0.487. The summed E-state index contributed by atoms with van der Waals surface area (Å²) in [5.74, 6) is 2.08. The minimum absolute atomic E-state index is 0.0124. The number of rotatable bonds is 9. The second-order valence-electron chi connectivity index (χ2n) is 6.93. The van der Waals surface area contributed by atoms with Crippen molar-refractivity contribution in [2.24, 2.45) is 5.92 Å². The van der Waals surface area contributed by atoms with Gasteiger partial charge in [0.25, 0.3) is 0 Å². The van der Waals surface area contributed by atoms with Gasteiger partial charge >= 0.3 is 0 Å². The Morgan fingerprint density at radius 2 is 1.97 bits per heavy atom. The SMILES string of the molecule is CCS(=O)(=O)Nc1ccc(-c2cc(Nc3ccccn3)n[nH]2)cc1OCC(C)C. The molecule has 8 nitrogen and oxygen atoms in total. The lowest BCUT2D eigenvalue weighted by Gasteiger charge is -2.15. The van der Waals surface area contributed by atoms with E-state index in [0.717, 1.165) is 11.3 Å². The van der Waals surface area contributed by atoms with Gasteiger partial charge in [-0.15, -0.1) is 0 Å². The molecule has 0 unspecified atom stereocenters. The van der Waals surface area contributed by atoms with Gasteiger partial charge in [0.05, 0.1) is 23.7 Å². The summed E-state index contributed by atoms with van der Waals surface area (Å²) in [6.45, 7) is 6.13. The Morgan fingerprint density at radius 1 is 1.14 bits per heavy atom. The molecule has 3 N–H and O–H groups in total. The monoisotopic (exact) mass is 415 g/mol. The van der Waals surface area contributed by atoms with Crippen molar-refractivity contribution in [3.8, 4) is 17.0 Å². The van der Waals surface area contributed by atoms with Crippen LogP contribution in [-0.4, -0.2) is 36.0 Å². The smallest absolute Gasteiger partial charge is 0.232 e. The highest BCUT2D eigenvalue weighted by Crippen LogP contribution is 2.32. The highest BCUT2D eigenvalue weighted by atomic mass is 32.2. The number of aromatic amines is 1. The Kier molecular flexibility index (Phi) is 6.38. The van der Waals surface area contributed by atoms with Crippen LogP contribution in [0, 0.1) is 5.92 Å². The van der Waals surface area contributed by atoms with E-state index in [1.807, 2.05) is 44.2 Å². The molecule has 0 saturated carbocycles. The van der Waals surface area contributed by atoms with Crippen LogP contribution in [-0.2, 0) is 10.0 Å². The number of H-pyrrole nitrogens is 1. The number of pyridine rings is 1. The Balaban J connectivity index is 1.86. The van der Waals surface area contributed by atoms with Crippen LogP contribution in [0.15, 0.2) is 48.7 Å². The fourth-order valence-corrected chi connectivity index (χ4v) is 3.14. The van der Waals surface area contributed by atoms with Crippen LogP contribution in [0.25, 0.3) is 11.3 Å². The van der Waals surface area contributed by atoms with Gasteiger partial charge < -0.3 is 10.1 Å². The van der Waals surface area contributed by atoms with E-state index in [1.54, 1.807) is 25.3 Å². The van der Waals surface area contributed by atoms with Crippen molar-refractivity contribution >= 4 is 27.3 Å². The summed E-state index contributed by atoms with van der Waals surface area (Å²) in [6.07, 6.45) is 1.70. The molecule has 0 aliphatic heterocycles. The summed E-state index contributed by atoms with van der Waals surface area (Å²) >= 11 is 0. The first-order chi connectivity index (χ1) is 13.9. The van der Waals surface area contributed by atoms with Crippen LogP contribution in [0.5, 0.6) is 5.75 Å². The van der Waals surface area contributed by atoms with Crippen molar-refractivity contribution < 1.29 is 13.2 Å². The van der Waals surface area contributed by atoms with E-state index in [2.05, 4.69) is 25.2 Å². The van der Waals surface area contributed by atoms with E-state index < -0.39 is 10.0 Å². The van der Waals surface area contributed by atoms with Crippen molar-refractivity contribution in [2.45, 2.75) is 20.8 Å². The number of hydrogen-bond donors (Lipinski definition) is 3. The van der Waals surface area contributed by atoms with Crippen LogP contribution in [0.4, 0.5) is 17.3 Å². The number of hydrogen-bond acceptors (Lipinski definition) is 6. The van der Waals surface area contributed by atoms with E-state index >= 15 is 0 Å². The number of benzene rings is 1. The molecule has 0 atom stereocenters. The molecule has 0 bridgehead atoms. The van der Waals surface area contributed by atoms with Gasteiger partial charge in [0, 0.05) is 17.8 Å². The molecule has 9 heteroatoms. The van der Waals surface area contributed by atoms with E-state index in [4.69, 9.17) is 4.74 Å². The molecule has 0 aliphatic rings. The van der Waals surface area contributed by atoms with Crippen LogP contribution in [0.2, 0.25) is 0 Å². The number of anilines is 3. The number of aromatic nitrogens is 3. The van der Waals surface area contributed by atoms with Gasteiger partial charge in [0.15, 0.2) is 5.82 Å². The molecule has 1 aromatic carbocycles. The molecule has 29 heavy (non-hydrogen) atoms. The minimum Gasteiger partial charge on any atom is -0.491 e. The first-order valence-electron chi connectivity index (χ1n) is 9.37. The lowest BCUT2D eigenvalue weighted by molar-refractivity contribution is 0.272. The molecule has 3 rings (SSSR count). The van der Waals surface area contributed by atoms with E-state index in [9.17, 15) is 8.42 Å². The van der Waals surface area contributed by atoms with Crippen LogP contribution in [0.1, 0.15) is 20.8 Å². The lowest BCUT2D eigenvalue weighted by atomic mass is 10.1. The maximum atomic E-state index is 12.0. The third-order valence-electron chi connectivity index (χ3n) is 4.01. The zero-order chi connectivity index (χ0) is 20.9. The Morgan fingerprint density at radius 3 is 2.66 bits per heavy atom. The third-order valence-corrected chi connectivity index (χ3v) is 5.30.